The molecule has 0 unspecified atom stereocenters. The van der Waals surface area contributed by atoms with Gasteiger partial charge in [-0.2, -0.15) is 0 Å². The van der Waals surface area contributed by atoms with Gasteiger partial charge in [0.15, 0.2) is 38.3 Å². The first-order chi connectivity index (χ1) is 13.1. The van der Waals surface area contributed by atoms with Crippen molar-refractivity contribution in [1.29, 1.82) is 0 Å². The summed E-state index contributed by atoms with van der Waals surface area (Å²) in [5.74, 6) is -0.680. The Kier molecular flexibility index (Phi) is 7.38. The Bertz CT molecular complexity index is 853. The molecule has 0 aromatic carbocycles. The number of hydrogen-bond donors (Lipinski definition) is 4. The molecule has 0 spiro atoms. The van der Waals surface area contributed by atoms with E-state index in [2.05, 4.69) is 25.2 Å². The fourth-order valence-electron chi connectivity index (χ4n) is 2.70. The van der Waals surface area contributed by atoms with Crippen LogP contribution in [-0.4, -0.2) is 72.3 Å². The number of nitrogens with two attached hydrogens (primary N) is 3. The molecule has 2 heterocycles. The number of amides is 1. The van der Waals surface area contributed by atoms with Crippen molar-refractivity contribution >= 4 is 44.9 Å². The van der Waals surface area contributed by atoms with E-state index >= 15 is 0 Å². The molecule has 7 N–H and O–H groups in total. The third kappa shape index (κ3) is 6.17. The maximum absolute atomic E-state index is 12.2. The number of piperidine rings is 1. The summed E-state index contributed by atoms with van der Waals surface area (Å²) in [6.45, 7) is 3.57. The number of sulfone groups is 1. The molecule has 1 aliphatic rings. The summed E-state index contributed by atoms with van der Waals surface area (Å²) in [5.41, 5.74) is 16.7. The molecule has 156 valence electrons. The van der Waals surface area contributed by atoms with Gasteiger partial charge in [0.25, 0.3) is 5.91 Å². The average molecular weight is 433 g/mol. The number of likely N-dealkylation sites (tertiary alicyclic amines) is 1. The summed E-state index contributed by atoms with van der Waals surface area (Å²) in [6.07, 6.45) is 1.41. The zero-order valence-electron chi connectivity index (χ0n) is 15.6. The van der Waals surface area contributed by atoms with E-state index in [0.717, 1.165) is 0 Å². The van der Waals surface area contributed by atoms with E-state index in [1.807, 2.05) is 0 Å². The SMILES string of the molecule is CCS(=O)(=O)CCN1CCC(N=C(N)NC(=O)c2nc(Cl)c(N)nc2N)CC1. The summed E-state index contributed by atoms with van der Waals surface area (Å²) in [7, 11) is -2.98. The maximum Gasteiger partial charge on any atom is 0.280 e. The van der Waals surface area contributed by atoms with Crippen molar-refractivity contribution in [2.45, 2.75) is 25.8 Å². The topological polar surface area (TPSA) is 183 Å². The summed E-state index contributed by atoms with van der Waals surface area (Å²) >= 11 is 5.76. The normalized spacial score (nSPS) is 16.9. The van der Waals surface area contributed by atoms with Crippen LogP contribution in [0.3, 0.4) is 0 Å². The van der Waals surface area contributed by atoms with Crippen molar-refractivity contribution in [3.8, 4) is 0 Å². The Balaban J connectivity index is 1.88. The molecule has 1 aromatic rings. The number of aliphatic imine (C=N–C) groups is 1. The molecule has 1 amide bonds. The zero-order chi connectivity index (χ0) is 20.9. The molecular weight excluding hydrogens is 408 g/mol. The first kappa shape index (κ1) is 22.1. The number of aromatic nitrogens is 2. The molecule has 13 heteroatoms. The van der Waals surface area contributed by atoms with Gasteiger partial charge in [-0.1, -0.05) is 18.5 Å². The second-order valence-corrected chi connectivity index (χ2v) is 9.24. The van der Waals surface area contributed by atoms with Crippen molar-refractivity contribution in [3.05, 3.63) is 10.8 Å². The number of nitrogens with zero attached hydrogens (tertiary/aromatic N) is 4. The second-order valence-electron chi connectivity index (χ2n) is 6.41. The zero-order valence-corrected chi connectivity index (χ0v) is 17.1. The minimum absolute atomic E-state index is 0.0637. The van der Waals surface area contributed by atoms with E-state index in [4.69, 9.17) is 28.8 Å². The maximum atomic E-state index is 12.2. The van der Waals surface area contributed by atoms with Crippen LogP contribution in [-0.2, 0) is 9.84 Å². The van der Waals surface area contributed by atoms with Crippen molar-refractivity contribution in [2.75, 3.05) is 42.6 Å². The standard InChI is InChI=1S/C15H25ClN8O3S/c1-2-28(26,27)8-7-24-5-3-9(4-6-24)20-15(19)23-14(25)10-12(17)22-13(18)11(16)21-10/h9H,2-8H2,1H3,(H4,17,18,22)(H3,19,20,23,25). The second kappa shape index (κ2) is 9.34. The molecule has 11 nitrogen and oxygen atoms in total. The molecule has 0 aliphatic carbocycles. The van der Waals surface area contributed by atoms with E-state index in [1.54, 1.807) is 6.92 Å². The van der Waals surface area contributed by atoms with Gasteiger partial charge >= 0.3 is 0 Å². The van der Waals surface area contributed by atoms with E-state index < -0.39 is 15.7 Å². The Labute approximate surface area is 168 Å². The molecule has 0 bridgehead atoms. The first-order valence-electron chi connectivity index (χ1n) is 8.77. The highest BCUT2D eigenvalue weighted by Crippen LogP contribution is 2.17. The predicted molar refractivity (Wildman–Crippen MR) is 109 cm³/mol. The van der Waals surface area contributed by atoms with Crippen LogP contribution in [0.5, 0.6) is 0 Å². The monoisotopic (exact) mass is 432 g/mol. The molecule has 0 atom stereocenters. The Morgan fingerprint density at radius 1 is 1.29 bits per heavy atom. The molecule has 0 radical (unpaired) electrons. The Morgan fingerprint density at radius 3 is 2.54 bits per heavy atom. The Morgan fingerprint density at radius 2 is 1.93 bits per heavy atom. The molecule has 0 saturated carbocycles. The van der Waals surface area contributed by atoms with Crippen LogP contribution in [0, 0.1) is 0 Å². The van der Waals surface area contributed by atoms with Crippen molar-refractivity contribution in [1.82, 2.24) is 20.2 Å². The summed E-state index contributed by atoms with van der Waals surface area (Å²) in [6, 6.07) is -0.0715. The number of carbonyl (C=O) groups excluding carboxylic acids is 1. The molecule has 1 aliphatic heterocycles. The van der Waals surface area contributed by atoms with Crippen LogP contribution in [0.4, 0.5) is 11.6 Å². The number of hydrogen-bond acceptors (Lipinski definition) is 9. The average Bonchev–Trinajstić information content (AvgIpc) is 2.64. The lowest BCUT2D eigenvalue weighted by Gasteiger charge is -2.30. The highest BCUT2D eigenvalue weighted by atomic mass is 35.5. The minimum atomic E-state index is -2.98. The molecule has 2 rings (SSSR count). The number of nitrogens with one attached hydrogen (secondary N) is 1. The number of halogens is 1. The van der Waals surface area contributed by atoms with Gasteiger partial charge < -0.3 is 22.1 Å². The third-order valence-corrected chi connectivity index (χ3v) is 6.36. The number of guanidine groups is 1. The van der Waals surface area contributed by atoms with Gasteiger partial charge in [0, 0.05) is 25.4 Å². The van der Waals surface area contributed by atoms with Crippen LogP contribution in [0.15, 0.2) is 4.99 Å². The van der Waals surface area contributed by atoms with Crippen LogP contribution in [0.2, 0.25) is 5.15 Å². The third-order valence-electron chi connectivity index (χ3n) is 4.40. The van der Waals surface area contributed by atoms with E-state index in [9.17, 15) is 13.2 Å². The van der Waals surface area contributed by atoms with Crippen LogP contribution >= 0.6 is 11.6 Å². The highest BCUT2D eigenvalue weighted by Gasteiger charge is 2.21. The van der Waals surface area contributed by atoms with Crippen LogP contribution in [0.1, 0.15) is 30.3 Å². The lowest BCUT2D eigenvalue weighted by Crippen LogP contribution is -2.41. The fraction of sp³-hybridized carbons (Fsp3) is 0.600. The van der Waals surface area contributed by atoms with E-state index in [0.29, 0.717) is 32.5 Å². The van der Waals surface area contributed by atoms with Crippen LogP contribution in [0.25, 0.3) is 0 Å². The lowest BCUT2D eigenvalue weighted by atomic mass is 10.1. The smallest absolute Gasteiger partial charge is 0.280 e. The summed E-state index contributed by atoms with van der Waals surface area (Å²) in [5, 5.41) is 2.28. The van der Waals surface area contributed by atoms with Gasteiger partial charge in [0.2, 0.25) is 0 Å². The molecule has 1 aromatic heterocycles. The van der Waals surface area contributed by atoms with Crippen molar-refractivity contribution in [2.24, 2.45) is 10.7 Å². The fourth-order valence-corrected chi connectivity index (χ4v) is 3.65. The van der Waals surface area contributed by atoms with Gasteiger partial charge in [0.1, 0.15) is 0 Å². The van der Waals surface area contributed by atoms with Crippen molar-refractivity contribution < 1.29 is 13.2 Å². The van der Waals surface area contributed by atoms with E-state index in [-0.39, 0.29) is 46.0 Å². The quantitative estimate of drug-likeness (QED) is 0.331. The molecular formula is C15H25ClN8O3S. The molecule has 1 fully saturated rings. The highest BCUT2D eigenvalue weighted by molar-refractivity contribution is 7.91. The van der Waals surface area contributed by atoms with Gasteiger partial charge in [0.05, 0.1) is 11.8 Å². The summed E-state index contributed by atoms with van der Waals surface area (Å²) < 4.78 is 23.2. The number of nitrogen functional groups attached to an aromatic ring is 2. The van der Waals surface area contributed by atoms with Crippen molar-refractivity contribution in [3.63, 3.8) is 0 Å². The Hall–Kier alpha value is -2.18. The predicted octanol–water partition coefficient (Wildman–Crippen LogP) is -0.762. The summed E-state index contributed by atoms with van der Waals surface area (Å²) in [4.78, 5) is 26.1. The van der Waals surface area contributed by atoms with E-state index in [1.165, 1.54) is 0 Å². The largest absolute Gasteiger partial charge is 0.382 e. The minimum Gasteiger partial charge on any atom is -0.382 e. The lowest BCUT2D eigenvalue weighted by molar-refractivity contribution is 0.0972. The van der Waals surface area contributed by atoms with Gasteiger partial charge in [-0.3, -0.25) is 10.1 Å². The molecule has 1 saturated heterocycles. The van der Waals surface area contributed by atoms with Crippen LogP contribution < -0.4 is 22.5 Å². The number of rotatable bonds is 6. The van der Waals surface area contributed by atoms with Gasteiger partial charge in [-0.15, -0.1) is 0 Å². The first-order valence-corrected chi connectivity index (χ1v) is 11.0. The number of carbonyl (C=O) groups is 1. The number of anilines is 2. The molecule has 28 heavy (non-hydrogen) atoms. The van der Waals surface area contributed by atoms with Gasteiger partial charge in [-0.05, 0) is 12.8 Å². The van der Waals surface area contributed by atoms with Gasteiger partial charge in [-0.25, -0.2) is 23.4 Å².